The lowest BCUT2D eigenvalue weighted by Gasteiger charge is -2.30. The number of amides is 1. The number of pyridine rings is 1. The number of hydrogen-bond donors (Lipinski definition) is 1. The predicted molar refractivity (Wildman–Crippen MR) is 98.0 cm³/mol. The fourth-order valence-corrected chi connectivity index (χ4v) is 4.17. The topological polar surface area (TPSA) is 61.6 Å². The van der Waals surface area contributed by atoms with Crippen molar-refractivity contribution >= 4 is 22.8 Å². The van der Waals surface area contributed by atoms with Gasteiger partial charge in [0.1, 0.15) is 5.69 Å². The molecule has 2 aromatic heterocycles. The minimum Gasteiger partial charge on any atom is -0.439 e. The SMILES string of the molecule is CCN(CC)c1cc2cc(C(=O)NC3CC4CCN(C4)C3)ncc2o1. The molecule has 6 heteroatoms. The van der Waals surface area contributed by atoms with Gasteiger partial charge in [0.25, 0.3) is 5.91 Å². The second-order valence-corrected chi connectivity index (χ2v) is 7.18. The van der Waals surface area contributed by atoms with E-state index in [0.29, 0.717) is 5.69 Å². The number of carbonyl (C=O) groups excluding carboxylic acids is 1. The zero-order valence-electron chi connectivity index (χ0n) is 15.0. The first kappa shape index (κ1) is 16.4. The Morgan fingerprint density at radius 1 is 1.36 bits per heavy atom. The van der Waals surface area contributed by atoms with Crippen molar-refractivity contribution in [3.63, 3.8) is 0 Å². The van der Waals surface area contributed by atoms with Crippen LogP contribution in [0.3, 0.4) is 0 Å². The van der Waals surface area contributed by atoms with Crippen LogP contribution in [0.4, 0.5) is 5.88 Å². The first-order valence-electron chi connectivity index (χ1n) is 9.34. The number of furan rings is 1. The van der Waals surface area contributed by atoms with Gasteiger partial charge >= 0.3 is 0 Å². The molecule has 134 valence electrons. The van der Waals surface area contributed by atoms with Gasteiger partial charge in [-0.15, -0.1) is 0 Å². The number of piperidine rings is 1. The number of fused-ring (bicyclic) bond motifs is 3. The van der Waals surface area contributed by atoms with Crippen LogP contribution in [0.2, 0.25) is 0 Å². The van der Waals surface area contributed by atoms with Crippen LogP contribution in [0.1, 0.15) is 37.2 Å². The molecule has 2 fully saturated rings. The zero-order valence-corrected chi connectivity index (χ0v) is 15.0. The molecule has 3 unspecified atom stereocenters. The maximum Gasteiger partial charge on any atom is 0.270 e. The van der Waals surface area contributed by atoms with E-state index in [2.05, 4.69) is 33.9 Å². The number of hydrogen-bond acceptors (Lipinski definition) is 5. The Labute approximate surface area is 148 Å². The Morgan fingerprint density at radius 3 is 2.96 bits per heavy atom. The fraction of sp³-hybridized carbons (Fsp3) is 0.579. The van der Waals surface area contributed by atoms with Crippen molar-refractivity contribution in [3.8, 4) is 0 Å². The fourth-order valence-electron chi connectivity index (χ4n) is 4.17. The quantitative estimate of drug-likeness (QED) is 0.905. The highest BCUT2D eigenvalue weighted by Crippen LogP contribution is 2.28. The third-order valence-electron chi connectivity index (χ3n) is 5.50. The standard InChI is InChI=1S/C19H26N4O2/c1-3-23(4-2)18-9-14-8-16(20-10-17(14)25-18)19(24)21-15-7-13-5-6-22(11-13)12-15/h8-10,13,15H,3-7,11-12H2,1-2H3,(H,21,24). The molecule has 2 aromatic rings. The van der Waals surface area contributed by atoms with Gasteiger partial charge in [-0.1, -0.05) is 0 Å². The number of aromatic nitrogens is 1. The number of nitrogens with zero attached hydrogens (tertiary/aromatic N) is 3. The van der Waals surface area contributed by atoms with Crippen molar-refractivity contribution in [2.75, 3.05) is 37.6 Å². The van der Waals surface area contributed by atoms with Gasteiger partial charge in [0.2, 0.25) is 0 Å². The summed E-state index contributed by atoms with van der Waals surface area (Å²) in [5.41, 5.74) is 1.19. The molecule has 4 heterocycles. The van der Waals surface area contributed by atoms with Gasteiger partial charge in [-0.2, -0.15) is 0 Å². The van der Waals surface area contributed by atoms with Gasteiger partial charge < -0.3 is 19.5 Å². The molecule has 1 N–H and O–H groups in total. The summed E-state index contributed by atoms with van der Waals surface area (Å²) in [6, 6.07) is 4.06. The van der Waals surface area contributed by atoms with Crippen LogP contribution in [-0.4, -0.2) is 54.6 Å². The lowest BCUT2D eigenvalue weighted by Crippen LogP contribution is -2.47. The van der Waals surface area contributed by atoms with E-state index in [1.807, 2.05) is 12.1 Å². The summed E-state index contributed by atoms with van der Waals surface area (Å²) in [4.78, 5) is 21.5. The van der Waals surface area contributed by atoms with Crippen LogP contribution in [-0.2, 0) is 0 Å². The van der Waals surface area contributed by atoms with Crippen LogP contribution in [0.5, 0.6) is 0 Å². The number of nitrogens with one attached hydrogen (secondary N) is 1. The van der Waals surface area contributed by atoms with Crippen LogP contribution in [0, 0.1) is 5.92 Å². The number of carbonyl (C=O) groups is 1. The van der Waals surface area contributed by atoms with Crippen molar-refractivity contribution in [1.29, 1.82) is 0 Å². The predicted octanol–water partition coefficient (Wildman–Crippen LogP) is 2.50. The maximum atomic E-state index is 12.6. The average molecular weight is 342 g/mol. The Balaban J connectivity index is 1.49. The molecule has 3 atom stereocenters. The summed E-state index contributed by atoms with van der Waals surface area (Å²) in [5.74, 6) is 1.48. The van der Waals surface area contributed by atoms with Crippen molar-refractivity contribution in [2.45, 2.75) is 32.7 Å². The van der Waals surface area contributed by atoms with E-state index in [9.17, 15) is 4.79 Å². The molecule has 4 rings (SSSR count). The van der Waals surface area contributed by atoms with Gasteiger partial charge in [0, 0.05) is 43.7 Å². The molecule has 6 nitrogen and oxygen atoms in total. The zero-order chi connectivity index (χ0) is 17.4. The minimum absolute atomic E-state index is 0.0833. The minimum atomic E-state index is -0.0833. The Bertz CT molecular complexity index is 756. The van der Waals surface area contributed by atoms with Crippen LogP contribution in [0.15, 0.2) is 22.7 Å². The summed E-state index contributed by atoms with van der Waals surface area (Å²) in [7, 11) is 0. The van der Waals surface area contributed by atoms with Gasteiger partial charge in [-0.25, -0.2) is 4.98 Å². The van der Waals surface area contributed by atoms with E-state index in [0.717, 1.165) is 48.8 Å². The molecule has 0 radical (unpaired) electrons. The van der Waals surface area contributed by atoms with Crippen LogP contribution < -0.4 is 10.2 Å². The van der Waals surface area contributed by atoms with E-state index in [1.54, 1.807) is 6.20 Å². The molecule has 0 saturated carbocycles. The highest BCUT2D eigenvalue weighted by atomic mass is 16.4. The molecule has 25 heavy (non-hydrogen) atoms. The molecule has 2 aliphatic rings. The number of anilines is 1. The third-order valence-corrected chi connectivity index (χ3v) is 5.50. The summed E-state index contributed by atoms with van der Waals surface area (Å²) >= 11 is 0. The summed E-state index contributed by atoms with van der Waals surface area (Å²) < 4.78 is 5.86. The molecule has 2 bridgehead atoms. The van der Waals surface area contributed by atoms with Gasteiger partial charge in [-0.3, -0.25) is 4.79 Å². The molecule has 0 aromatic carbocycles. The lowest BCUT2D eigenvalue weighted by molar-refractivity contribution is 0.0904. The van der Waals surface area contributed by atoms with E-state index in [4.69, 9.17) is 4.42 Å². The molecule has 0 spiro atoms. The van der Waals surface area contributed by atoms with Crippen molar-refractivity contribution < 1.29 is 9.21 Å². The summed E-state index contributed by atoms with van der Waals surface area (Å²) in [5, 5.41) is 4.09. The molecule has 0 aliphatic carbocycles. The molecule has 1 amide bonds. The van der Waals surface area contributed by atoms with Gasteiger partial charge in [-0.05, 0) is 45.2 Å². The monoisotopic (exact) mass is 342 g/mol. The number of rotatable bonds is 5. The van der Waals surface area contributed by atoms with E-state index in [1.165, 1.54) is 19.5 Å². The van der Waals surface area contributed by atoms with Crippen LogP contribution in [0.25, 0.3) is 11.0 Å². The van der Waals surface area contributed by atoms with E-state index in [-0.39, 0.29) is 11.9 Å². The van der Waals surface area contributed by atoms with Crippen molar-refractivity contribution in [1.82, 2.24) is 15.2 Å². The highest BCUT2D eigenvalue weighted by molar-refractivity contribution is 5.96. The van der Waals surface area contributed by atoms with Gasteiger partial charge in [0.05, 0.1) is 6.20 Å². The average Bonchev–Trinajstić information content (AvgIpc) is 3.18. The smallest absolute Gasteiger partial charge is 0.270 e. The third kappa shape index (κ3) is 3.23. The Morgan fingerprint density at radius 2 is 2.20 bits per heavy atom. The summed E-state index contributed by atoms with van der Waals surface area (Å²) in [6.45, 7) is 9.29. The van der Waals surface area contributed by atoms with Crippen molar-refractivity contribution in [2.24, 2.45) is 5.92 Å². The van der Waals surface area contributed by atoms with Gasteiger partial charge in [0.15, 0.2) is 11.5 Å². The second-order valence-electron chi connectivity index (χ2n) is 7.18. The highest BCUT2D eigenvalue weighted by Gasteiger charge is 2.33. The lowest BCUT2D eigenvalue weighted by atomic mass is 9.97. The molecular formula is C19H26N4O2. The van der Waals surface area contributed by atoms with E-state index >= 15 is 0 Å². The Hall–Kier alpha value is -2.08. The van der Waals surface area contributed by atoms with Crippen molar-refractivity contribution in [3.05, 3.63) is 24.0 Å². The normalized spacial score (nSPS) is 25.3. The molecule has 2 saturated heterocycles. The molecule has 2 aliphatic heterocycles. The first-order valence-corrected chi connectivity index (χ1v) is 9.34. The second kappa shape index (κ2) is 6.67. The maximum absolute atomic E-state index is 12.6. The first-order chi connectivity index (χ1) is 12.2. The van der Waals surface area contributed by atoms with Crippen LogP contribution >= 0.6 is 0 Å². The largest absolute Gasteiger partial charge is 0.439 e. The Kier molecular flexibility index (Phi) is 4.37. The summed E-state index contributed by atoms with van der Waals surface area (Å²) in [6.07, 6.45) is 4.01. The molecular weight excluding hydrogens is 316 g/mol. The van der Waals surface area contributed by atoms with E-state index < -0.39 is 0 Å².